The van der Waals surface area contributed by atoms with E-state index in [1.165, 1.54) is 0 Å². The quantitative estimate of drug-likeness (QED) is 0.827. The summed E-state index contributed by atoms with van der Waals surface area (Å²) in [6.45, 7) is 9.61. The number of likely N-dealkylation sites (N-methyl/N-ethyl adjacent to an activating group) is 2. The van der Waals surface area contributed by atoms with Gasteiger partial charge in [-0.3, -0.25) is 9.69 Å². The Morgan fingerprint density at radius 3 is 2.35 bits per heavy atom. The van der Waals surface area contributed by atoms with Crippen LogP contribution in [0.3, 0.4) is 0 Å². The lowest BCUT2D eigenvalue weighted by Gasteiger charge is -2.30. The Kier molecular flexibility index (Phi) is 6.23. The zero-order chi connectivity index (χ0) is 15.3. The molecule has 0 bridgehead atoms. The molecule has 0 fully saturated rings. The van der Waals surface area contributed by atoms with Gasteiger partial charge in [0.25, 0.3) is 0 Å². The largest absolute Gasteiger partial charge is 0.465 e. The predicted octanol–water partition coefficient (Wildman–Crippen LogP) is 1.78. The maximum atomic E-state index is 12.2. The van der Waals surface area contributed by atoms with Crippen molar-refractivity contribution in [3.8, 4) is 0 Å². The smallest absolute Gasteiger partial charge is 0.236 e. The number of aryl methyl sites for hydroxylation is 1. The standard InChI is InChI=1S/C15H27N3O2/c1-6-18(7-2)14(19)10-17(5)15(12(4)16)13-9-8-11(3)20-13/h8-9,12,15H,6-7,10,16H2,1-5H3. The minimum atomic E-state index is -0.116. The van der Waals surface area contributed by atoms with Gasteiger partial charge in [0, 0.05) is 19.1 Å². The van der Waals surface area contributed by atoms with Crippen LogP contribution in [-0.2, 0) is 4.79 Å². The molecule has 1 rings (SSSR count). The molecule has 0 aliphatic rings. The third kappa shape index (κ3) is 4.08. The monoisotopic (exact) mass is 281 g/mol. The zero-order valence-electron chi connectivity index (χ0n) is 13.2. The number of hydrogen-bond acceptors (Lipinski definition) is 4. The molecule has 0 saturated carbocycles. The molecular weight excluding hydrogens is 254 g/mol. The first-order valence-electron chi connectivity index (χ1n) is 7.20. The van der Waals surface area contributed by atoms with Crippen molar-refractivity contribution in [3.05, 3.63) is 23.7 Å². The van der Waals surface area contributed by atoms with E-state index in [0.29, 0.717) is 6.54 Å². The Balaban J connectivity index is 2.80. The lowest BCUT2D eigenvalue weighted by atomic mass is 10.1. The summed E-state index contributed by atoms with van der Waals surface area (Å²) in [6, 6.07) is 3.64. The minimum Gasteiger partial charge on any atom is -0.465 e. The molecule has 2 unspecified atom stereocenters. The maximum Gasteiger partial charge on any atom is 0.236 e. The summed E-state index contributed by atoms with van der Waals surface area (Å²) in [7, 11) is 1.91. The van der Waals surface area contributed by atoms with E-state index in [9.17, 15) is 4.79 Å². The van der Waals surface area contributed by atoms with Gasteiger partial charge in [-0.1, -0.05) is 0 Å². The van der Waals surface area contributed by atoms with Gasteiger partial charge in [0.05, 0.1) is 12.6 Å². The SMILES string of the molecule is CCN(CC)C(=O)CN(C)C(c1ccc(C)o1)C(C)N. The van der Waals surface area contributed by atoms with Crippen LogP contribution < -0.4 is 5.73 Å². The summed E-state index contributed by atoms with van der Waals surface area (Å²) in [5, 5.41) is 0. The molecule has 1 aromatic rings. The van der Waals surface area contributed by atoms with Crippen molar-refractivity contribution in [1.29, 1.82) is 0 Å². The lowest BCUT2D eigenvalue weighted by Crippen LogP contribution is -2.44. The van der Waals surface area contributed by atoms with Crippen molar-refractivity contribution < 1.29 is 9.21 Å². The molecular formula is C15H27N3O2. The van der Waals surface area contributed by atoms with Gasteiger partial charge in [0.1, 0.15) is 11.5 Å². The minimum absolute atomic E-state index is 0.0942. The Bertz CT molecular complexity index is 425. The van der Waals surface area contributed by atoms with E-state index in [-0.39, 0.29) is 18.0 Å². The van der Waals surface area contributed by atoms with Crippen molar-refractivity contribution >= 4 is 5.91 Å². The van der Waals surface area contributed by atoms with Gasteiger partial charge in [-0.25, -0.2) is 0 Å². The molecule has 20 heavy (non-hydrogen) atoms. The summed E-state index contributed by atoms with van der Waals surface area (Å²) in [6.07, 6.45) is 0. The number of furan rings is 1. The summed E-state index contributed by atoms with van der Waals surface area (Å²) in [4.78, 5) is 16.0. The van der Waals surface area contributed by atoms with Crippen LogP contribution in [0.5, 0.6) is 0 Å². The number of nitrogens with zero attached hydrogens (tertiary/aromatic N) is 2. The first kappa shape index (κ1) is 16.7. The highest BCUT2D eigenvalue weighted by atomic mass is 16.3. The van der Waals surface area contributed by atoms with Gasteiger partial charge < -0.3 is 15.1 Å². The van der Waals surface area contributed by atoms with E-state index in [1.54, 1.807) is 0 Å². The van der Waals surface area contributed by atoms with Gasteiger partial charge in [-0.15, -0.1) is 0 Å². The van der Waals surface area contributed by atoms with E-state index in [4.69, 9.17) is 10.2 Å². The van der Waals surface area contributed by atoms with Crippen LogP contribution in [0.1, 0.15) is 38.3 Å². The van der Waals surface area contributed by atoms with Crippen molar-refractivity contribution in [3.63, 3.8) is 0 Å². The second-order valence-electron chi connectivity index (χ2n) is 5.23. The molecule has 5 heteroatoms. The third-order valence-electron chi connectivity index (χ3n) is 3.53. The van der Waals surface area contributed by atoms with Crippen molar-refractivity contribution in [2.45, 2.75) is 39.8 Å². The van der Waals surface area contributed by atoms with E-state index in [2.05, 4.69) is 0 Å². The van der Waals surface area contributed by atoms with Crippen LogP contribution >= 0.6 is 0 Å². The zero-order valence-corrected chi connectivity index (χ0v) is 13.2. The summed E-state index contributed by atoms with van der Waals surface area (Å²) < 4.78 is 5.68. The van der Waals surface area contributed by atoms with Crippen LogP contribution in [0.15, 0.2) is 16.5 Å². The van der Waals surface area contributed by atoms with Crippen molar-refractivity contribution in [2.24, 2.45) is 5.73 Å². The highest BCUT2D eigenvalue weighted by molar-refractivity contribution is 5.78. The molecule has 1 aromatic heterocycles. The van der Waals surface area contributed by atoms with Gasteiger partial charge >= 0.3 is 0 Å². The molecule has 5 nitrogen and oxygen atoms in total. The van der Waals surface area contributed by atoms with Crippen LogP contribution in [-0.4, -0.2) is 48.4 Å². The molecule has 1 heterocycles. The first-order valence-corrected chi connectivity index (χ1v) is 7.20. The highest BCUT2D eigenvalue weighted by Gasteiger charge is 2.26. The number of hydrogen-bond donors (Lipinski definition) is 1. The summed E-state index contributed by atoms with van der Waals surface area (Å²) in [5.41, 5.74) is 6.07. The molecule has 0 spiro atoms. The van der Waals surface area contributed by atoms with Crippen LogP contribution in [0, 0.1) is 6.92 Å². The summed E-state index contributed by atoms with van der Waals surface area (Å²) >= 11 is 0. The Hall–Kier alpha value is -1.33. The molecule has 1 amide bonds. The van der Waals surface area contributed by atoms with E-state index in [1.807, 2.05) is 56.7 Å². The number of rotatable bonds is 7. The Morgan fingerprint density at radius 1 is 1.35 bits per heavy atom. The number of amides is 1. The normalized spacial score (nSPS) is 14.3. The highest BCUT2D eigenvalue weighted by Crippen LogP contribution is 2.24. The lowest BCUT2D eigenvalue weighted by molar-refractivity contribution is -0.132. The van der Waals surface area contributed by atoms with Gasteiger partial charge in [-0.05, 0) is 46.9 Å². The third-order valence-corrected chi connectivity index (χ3v) is 3.53. The van der Waals surface area contributed by atoms with Crippen LogP contribution in [0.25, 0.3) is 0 Å². The van der Waals surface area contributed by atoms with Crippen molar-refractivity contribution in [1.82, 2.24) is 9.80 Å². The molecule has 2 atom stereocenters. The molecule has 0 saturated heterocycles. The second kappa shape index (κ2) is 7.45. The maximum absolute atomic E-state index is 12.2. The molecule has 114 valence electrons. The predicted molar refractivity (Wildman–Crippen MR) is 80.4 cm³/mol. The van der Waals surface area contributed by atoms with Gasteiger partial charge in [-0.2, -0.15) is 0 Å². The fourth-order valence-corrected chi connectivity index (χ4v) is 2.48. The van der Waals surface area contributed by atoms with Gasteiger partial charge in [0.2, 0.25) is 5.91 Å². The molecule has 0 aromatic carbocycles. The number of nitrogens with two attached hydrogens (primary N) is 1. The van der Waals surface area contributed by atoms with E-state index >= 15 is 0 Å². The van der Waals surface area contributed by atoms with E-state index < -0.39 is 0 Å². The second-order valence-corrected chi connectivity index (χ2v) is 5.23. The first-order chi connectivity index (χ1) is 9.40. The van der Waals surface area contributed by atoms with Gasteiger partial charge in [0.15, 0.2) is 0 Å². The molecule has 0 aliphatic heterocycles. The number of carbonyl (C=O) groups is 1. The fourth-order valence-electron chi connectivity index (χ4n) is 2.48. The molecule has 0 aliphatic carbocycles. The average molecular weight is 281 g/mol. The molecule has 2 N–H and O–H groups in total. The molecule has 0 radical (unpaired) electrons. The fraction of sp³-hybridized carbons (Fsp3) is 0.667. The van der Waals surface area contributed by atoms with Crippen LogP contribution in [0.4, 0.5) is 0 Å². The van der Waals surface area contributed by atoms with E-state index in [0.717, 1.165) is 24.6 Å². The number of carbonyl (C=O) groups excluding carboxylic acids is 1. The van der Waals surface area contributed by atoms with Crippen molar-refractivity contribution in [2.75, 3.05) is 26.7 Å². The summed E-state index contributed by atoms with van der Waals surface area (Å²) in [5.74, 6) is 1.79. The topological polar surface area (TPSA) is 62.7 Å². The average Bonchev–Trinajstić information content (AvgIpc) is 2.76. The Labute approximate surface area is 121 Å². The van der Waals surface area contributed by atoms with Crippen LogP contribution in [0.2, 0.25) is 0 Å². The Morgan fingerprint density at radius 2 is 1.95 bits per heavy atom.